The predicted octanol–water partition coefficient (Wildman–Crippen LogP) is 2.20. The molecule has 0 spiro atoms. The zero-order valence-corrected chi connectivity index (χ0v) is 16.2. The number of ether oxygens (including phenoxy) is 1. The van der Waals surface area contributed by atoms with Crippen LogP contribution in [0.2, 0.25) is 0 Å². The van der Waals surface area contributed by atoms with Gasteiger partial charge in [-0.1, -0.05) is 12.1 Å². The van der Waals surface area contributed by atoms with E-state index in [9.17, 15) is 14.0 Å². The molecule has 2 unspecified atom stereocenters. The van der Waals surface area contributed by atoms with Crippen molar-refractivity contribution >= 4 is 29.3 Å². The van der Waals surface area contributed by atoms with Crippen LogP contribution in [0.1, 0.15) is 5.56 Å². The third kappa shape index (κ3) is 2.55. The smallest absolute Gasteiger partial charge is 0.325 e. The Balaban J connectivity index is 1.67. The fourth-order valence-electron chi connectivity index (χ4n) is 3.96. The van der Waals surface area contributed by atoms with E-state index in [1.807, 2.05) is 29.2 Å². The number of guanidine groups is 1. The van der Waals surface area contributed by atoms with Gasteiger partial charge in [-0.05, 0) is 36.4 Å². The number of carbonyl (C=O) groups excluding carboxylic acids is 2. The van der Waals surface area contributed by atoms with Crippen LogP contribution in [-0.4, -0.2) is 54.1 Å². The number of rotatable bonds is 3. The summed E-state index contributed by atoms with van der Waals surface area (Å²) in [5.41, 5.74) is 2.17. The molecule has 0 aromatic heterocycles. The first-order chi connectivity index (χ1) is 14.5. The lowest BCUT2D eigenvalue weighted by Crippen LogP contribution is -2.62. The molecule has 3 amide bonds. The first-order valence-corrected chi connectivity index (χ1v) is 9.34. The maximum atomic E-state index is 13.5. The molecule has 152 valence electrons. The lowest BCUT2D eigenvalue weighted by Gasteiger charge is -2.34. The third-order valence-corrected chi connectivity index (χ3v) is 5.45. The fourth-order valence-corrected chi connectivity index (χ4v) is 3.96. The first kappa shape index (κ1) is 18.2. The monoisotopic (exact) mass is 407 g/mol. The number of amides is 3. The van der Waals surface area contributed by atoms with Crippen molar-refractivity contribution in [3.8, 4) is 5.75 Å². The molecule has 1 saturated heterocycles. The van der Waals surface area contributed by atoms with Crippen LogP contribution in [0.5, 0.6) is 5.75 Å². The minimum atomic E-state index is -0.696. The van der Waals surface area contributed by atoms with Gasteiger partial charge in [0.2, 0.25) is 5.96 Å². The number of halogens is 1. The summed E-state index contributed by atoms with van der Waals surface area (Å²) < 4.78 is 19.1. The van der Waals surface area contributed by atoms with Crippen LogP contribution in [0.25, 0.3) is 5.70 Å². The molecule has 30 heavy (non-hydrogen) atoms. The quantitative estimate of drug-likeness (QED) is 0.844. The standard InChI is InChI=1S/C21H18FN5O3/c1-25-18-17(19(28)24-21(25)29)26-11-15(12-7-9-13(22)10-8-12)27(20(26)23-18)14-5-3-4-6-16(14)30-2/h3-11,17-18H,1-2H3,(H,24,28,29). The van der Waals surface area contributed by atoms with Gasteiger partial charge < -0.3 is 9.64 Å². The van der Waals surface area contributed by atoms with Gasteiger partial charge in [-0.2, -0.15) is 0 Å². The summed E-state index contributed by atoms with van der Waals surface area (Å²) in [7, 11) is 3.17. The second-order valence-corrected chi connectivity index (χ2v) is 7.13. The number of benzene rings is 2. The van der Waals surface area contributed by atoms with Crippen LogP contribution in [0.4, 0.5) is 14.9 Å². The summed E-state index contributed by atoms with van der Waals surface area (Å²) in [4.78, 5) is 34.4. The van der Waals surface area contributed by atoms with Crippen LogP contribution in [0.3, 0.4) is 0 Å². The first-order valence-electron chi connectivity index (χ1n) is 9.34. The van der Waals surface area contributed by atoms with Gasteiger partial charge in [0.1, 0.15) is 11.6 Å². The highest BCUT2D eigenvalue weighted by Crippen LogP contribution is 2.42. The van der Waals surface area contributed by atoms with Crippen LogP contribution in [0, 0.1) is 5.82 Å². The number of nitrogens with one attached hydrogen (secondary N) is 1. The Bertz CT molecular complexity index is 1110. The number of anilines is 1. The number of aliphatic imine (C=N–C) groups is 1. The summed E-state index contributed by atoms with van der Waals surface area (Å²) in [6.45, 7) is 0. The third-order valence-electron chi connectivity index (χ3n) is 5.45. The molecule has 5 rings (SSSR count). The van der Waals surface area contributed by atoms with E-state index in [0.29, 0.717) is 23.1 Å². The van der Waals surface area contributed by atoms with Crippen LogP contribution < -0.4 is 15.0 Å². The minimum Gasteiger partial charge on any atom is -0.495 e. The molecule has 0 radical (unpaired) electrons. The topological polar surface area (TPSA) is 77.5 Å². The number of fused-ring (bicyclic) bond motifs is 3. The molecule has 2 atom stereocenters. The zero-order valence-electron chi connectivity index (χ0n) is 16.2. The van der Waals surface area contributed by atoms with E-state index in [4.69, 9.17) is 9.73 Å². The van der Waals surface area contributed by atoms with Crippen molar-refractivity contribution < 1.29 is 18.7 Å². The maximum Gasteiger partial charge on any atom is 0.325 e. The Morgan fingerprint density at radius 2 is 1.83 bits per heavy atom. The highest BCUT2D eigenvalue weighted by Gasteiger charge is 2.52. The van der Waals surface area contributed by atoms with Crippen molar-refractivity contribution in [2.45, 2.75) is 12.2 Å². The highest BCUT2D eigenvalue weighted by molar-refractivity contribution is 6.16. The van der Waals surface area contributed by atoms with Gasteiger partial charge in [-0.25, -0.2) is 14.2 Å². The summed E-state index contributed by atoms with van der Waals surface area (Å²) >= 11 is 0. The molecule has 0 aliphatic carbocycles. The van der Waals surface area contributed by atoms with E-state index in [-0.39, 0.29) is 5.82 Å². The molecule has 2 aromatic carbocycles. The number of hydrogen-bond acceptors (Lipinski definition) is 6. The molecule has 3 aliphatic rings. The van der Waals surface area contributed by atoms with Crippen LogP contribution in [-0.2, 0) is 4.79 Å². The van der Waals surface area contributed by atoms with Crippen LogP contribution >= 0.6 is 0 Å². The molecular formula is C21H18FN5O3. The van der Waals surface area contributed by atoms with E-state index < -0.39 is 24.1 Å². The van der Waals surface area contributed by atoms with Gasteiger partial charge in [0.25, 0.3) is 5.91 Å². The van der Waals surface area contributed by atoms with Gasteiger partial charge in [0, 0.05) is 18.8 Å². The Hall–Kier alpha value is -3.88. The Morgan fingerprint density at radius 3 is 2.57 bits per heavy atom. The maximum absolute atomic E-state index is 13.5. The van der Waals surface area contributed by atoms with E-state index in [1.165, 1.54) is 17.0 Å². The molecule has 2 aromatic rings. The van der Waals surface area contributed by atoms with E-state index in [0.717, 1.165) is 5.56 Å². The van der Waals surface area contributed by atoms with Crippen molar-refractivity contribution in [3.63, 3.8) is 0 Å². The molecule has 1 fully saturated rings. The van der Waals surface area contributed by atoms with Crippen molar-refractivity contribution in [1.29, 1.82) is 0 Å². The Kier molecular flexibility index (Phi) is 3.99. The number of imide groups is 1. The average Bonchev–Trinajstić information content (AvgIpc) is 3.29. The molecule has 3 aliphatic heterocycles. The Morgan fingerprint density at radius 1 is 1.10 bits per heavy atom. The number of methoxy groups -OCH3 is 1. The summed E-state index contributed by atoms with van der Waals surface area (Å²) in [5, 5.41) is 2.36. The molecule has 9 heteroatoms. The van der Waals surface area contributed by atoms with Gasteiger partial charge in [-0.15, -0.1) is 0 Å². The van der Waals surface area contributed by atoms with Gasteiger partial charge in [0.15, 0.2) is 12.2 Å². The zero-order chi connectivity index (χ0) is 21.0. The van der Waals surface area contributed by atoms with Crippen molar-refractivity contribution in [3.05, 3.63) is 66.1 Å². The SMILES string of the molecule is COc1ccccc1N1C(c2ccc(F)cc2)=CN2C1=NC1C2C(=O)NC(=O)N1C. The second-order valence-electron chi connectivity index (χ2n) is 7.13. The highest BCUT2D eigenvalue weighted by atomic mass is 19.1. The molecule has 0 bridgehead atoms. The van der Waals surface area contributed by atoms with Crippen molar-refractivity contribution in [1.82, 2.24) is 15.1 Å². The normalized spacial score (nSPS) is 22.4. The average molecular weight is 407 g/mol. The van der Waals surface area contributed by atoms with E-state index in [1.54, 1.807) is 37.4 Å². The summed E-state index contributed by atoms with van der Waals surface area (Å²) in [5.74, 6) is 0.341. The number of nitrogens with zero attached hydrogens (tertiary/aromatic N) is 4. The summed E-state index contributed by atoms with van der Waals surface area (Å²) in [6, 6.07) is 12.3. The van der Waals surface area contributed by atoms with Crippen molar-refractivity contribution in [2.24, 2.45) is 4.99 Å². The van der Waals surface area contributed by atoms with Gasteiger partial charge in [-0.3, -0.25) is 19.9 Å². The number of urea groups is 1. The predicted molar refractivity (Wildman–Crippen MR) is 108 cm³/mol. The number of carbonyl (C=O) groups is 2. The Labute approximate surface area is 171 Å². The lowest BCUT2D eigenvalue weighted by molar-refractivity contribution is -0.126. The van der Waals surface area contributed by atoms with Gasteiger partial charge >= 0.3 is 6.03 Å². The molecule has 0 saturated carbocycles. The molecule has 8 nitrogen and oxygen atoms in total. The lowest BCUT2D eigenvalue weighted by atomic mass is 10.1. The molecule has 3 heterocycles. The summed E-state index contributed by atoms with van der Waals surface area (Å²) in [6.07, 6.45) is 1.15. The van der Waals surface area contributed by atoms with Gasteiger partial charge in [0.05, 0.1) is 18.5 Å². The van der Waals surface area contributed by atoms with Crippen LogP contribution in [0.15, 0.2) is 59.7 Å². The number of hydrogen-bond donors (Lipinski definition) is 1. The fraction of sp³-hybridized carbons (Fsp3) is 0.190. The minimum absolute atomic E-state index is 0.342. The molecule has 1 N–H and O–H groups in total. The molecular weight excluding hydrogens is 389 g/mol. The second kappa shape index (κ2) is 6.58. The number of likely N-dealkylation sites (N-methyl/N-ethyl adjacent to an activating group) is 1. The van der Waals surface area contributed by atoms with E-state index in [2.05, 4.69) is 5.32 Å². The van der Waals surface area contributed by atoms with E-state index >= 15 is 0 Å². The number of para-hydroxylation sites is 2. The largest absolute Gasteiger partial charge is 0.495 e. The van der Waals surface area contributed by atoms with Crippen molar-refractivity contribution in [2.75, 3.05) is 19.1 Å².